The molecule has 90 valence electrons. The highest BCUT2D eigenvalue weighted by Crippen LogP contribution is 2.42. The second kappa shape index (κ2) is 3.88. The maximum atomic E-state index is 11.5. The summed E-state index contributed by atoms with van der Waals surface area (Å²) in [5.74, 6) is 0.146. The number of fused-ring (bicyclic) bond motifs is 1. The van der Waals surface area contributed by atoms with Crippen LogP contribution < -0.4 is 0 Å². The number of aromatic nitrogens is 1. The number of hydrogen-bond acceptors (Lipinski definition) is 3. The molecule has 1 aliphatic rings. The lowest BCUT2D eigenvalue weighted by atomic mass is 10.1. The predicted octanol–water partition coefficient (Wildman–Crippen LogP) is 2.63. The molecule has 0 amide bonds. The number of rotatable bonds is 2. The second-order valence-electron chi connectivity index (χ2n) is 4.54. The Bertz CT molecular complexity index is 675. The molecule has 1 aromatic carbocycles. The van der Waals surface area contributed by atoms with Crippen LogP contribution >= 0.6 is 0 Å². The number of nitriles is 1. The van der Waals surface area contributed by atoms with Gasteiger partial charge in [0.2, 0.25) is 0 Å². The fourth-order valence-electron chi connectivity index (χ4n) is 2.27. The quantitative estimate of drug-likeness (QED) is 0.758. The molecule has 1 aromatic heterocycles. The lowest BCUT2D eigenvalue weighted by Gasteiger charge is -2.00. The van der Waals surface area contributed by atoms with Gasteiger partial charge in [0.25, 0.3) is 0 Å². The number of benzene rings is 1. The van der Waals surface area contributed by atoms with Gasteiger partial charge in [-0.3, -0.25) is 4.57 Å². The Labute approximate surface area is 104 Å². The summed E-state index contributed by atoms with van der Waals surface area (Å²) in [5.41, 5.74) is 2.42. The third kappa shape index (κ3) is 1.56. The molecule has 0 bridgehead atoms. The van der Waals surface area contributed by atoms with Crippen LogP contribution in [0.2, 0.25) is 0 Å². The number of esters is 1. The Kier molecular flexibility index (Phi) is 2.34. The van der Waals surface area contributed by atoms with Crippen molar-refractivity contribution in [3.63, 3.8) is 0 Å². The number of carbonyl (C=O) groups is 1. The van der Waals surface area contributed by atoms with Crippen LogP contribution in [0.5, 0.6) is 0 Å². The van der Waals surface area contributed by atoms with Crippen molar-refractivity contribution in [2.45, 2.75) is 18.8 Å². The minimum Gasteiger partial charge on any atom is -0.465 e. The van der Waals surface area contributed by atoms with Crippen molar-refractivity contribution < 1.29 is 9.53 Å². The molecule has 4 heteroatoms. The summed E-state index contributed by atoms with van der Waals surface area (Å²) in [5, 5.41) is 10.1. The third-order valence-electron chi connectivity index (χ3n) is 3.35. The van der Waals surface area contributed by atoms with E-state index < -0.39 is 0 Å². The molecule has 18 heavy (non-hydrogen) atoms. The average Bonchev–Trinajstić information content (AvgIpc) is 3.18. The zero-order valence-corrected chi connectivity index (χ0v) is 10.0. The van der Waals surface area contributed by atoms with E-state index in [0.717, 1.165) is 29.4 Å². The summed E-state index contributed by atoms with van der Waals surface area (Å²) in [7, 11) is 1.36. The zero-order chi connectivity index (χ0) is 12.7. The molecule has 0 aliphatic heterocycles. The van der Waals surface area contributed by atoms with Crippen molar-refractivity contribution in [1.82, 2.24) is 4.57 Å². The average molecular weight is 240 g/mol. The minimum absolute atomic E-state index is 0.352. The molecule has 0 radical (unpaired) electrons. The highest BCUT2D eigenvalue weighted by molar-refractivity contribution is 5.95. The fraction of sp³-hybridized carbons (Fsp3) is 0.286. The van der Waals surface area contributed by atoms with Crippen LogP contribution in [0.4, 0.5) is 0 Å². The van der Waals surface area contributed by atoms with Crippen molar-refractivity contribution in [2.75, 3.05) is 7.11 Å². The molecule has 0 unspecified atom stereocenters. The molecular formula is C14H12N2O2. The molecule has 0 atom stereocenters. The maximum Gasteiger partial charge on any atom is 0.337 e. The fourth-order valence-corrected chi connectivity index (χ4v) is 2.27. The third-order valence-corrected chi connectivity index (χ3v) is 3.35. The first-order chi connectivity index (χ1) is 8.74. The zero-order valence-electron chi connectivity index (χ0n) is 10.0. The van der Waals surface area contributed by atoms with E-state index in [9.17, 15) is 10.1 Å². The number of ether oxygens (including phenoxy) is 1. The molecule has 0 N–H and O–H groups in total. The highest BCUT2D eigenvalue weighted by Gasteiger charge is 2.28. The first-order valence-corrected chi connectivity index (χ1v) is 5.88. The van der Waals surface area contributed by atoms with E-state index in [1.807, 2.05) is 6.07 Å². The molecule has 0 spiro atoms. The molecule has 1 aliphatic carbocycles. The number of methoxy groups -OCH3 is 1. The van der Waals surface area contributed by atoms with Crippen molar-refractivity contribution >= 4 is 16.9 Å². The largest absolute Gasteiger partial charge is 0.465 e. The maximum absolute atomic E-state index is 11.5. The van der Waals surface area contributed by atoms with E-state index in [1.54, 1.807) is 22.8 Å². The van der Waals surface area contributed by atoms with Gasteiger partial charge in [0.05, 0.1) is 18.2 Å². The summed E-state index contributed by atoms with van der Waals surface area (Å²) in [6.07, 6.45) is 4.48. The van der Waals surface area contributed by atoms with Gasteiger partial charge < -0.3 is 4.74 Å². The van der Waals surface area contributed by atoms with Crippen LogP contribution in [0.1, 0.15) is 34.8 Å². The van der Waals surface area contributed by atoms with Gasteiger partial charge in [-0.25, -0.2) is 4.79 Å². The van der Waals surface area contributed by atoms with Gasteiger partial charge >= 0.3 is 5.97 Å². The topological polar surface area (TPSA) is 55.0 Å². The molecule has 4 nitrogen and oxygen atoms in total. The monoisotopic (exact) mass is 240 g/mol. The molecule has 3 rings (SSSR count). The van der Waals surface area contributed by atoms with Gasteiger partial charge in [0.15, 0.2) is 6.19 Å². The van der Waals surface area contributed by atoms with Gasteiger partial charge in [-0.1, -0.05) is 0 Å². The van der Waals surface area contributed by atoms with Crippen molar-refractivity contribution in [3.8, 4) is 6.19 Å². The lowest BCUT2D eigenvalue weighted by Crippen LogP contribution is -2.00. The van der Waals surface area contributed by atoms with Crippen LogP contribution in [0.25, 0.3) is 10.9 Å². The summed E-state index contributed by atoms with van der Waals surface area (Å²) >= 11 is 0. The Hall–Kier alpha value is -2.28. The molecule has 1 fully saturated rings. The van der Waals surface area contributed by atoms with Crippen LogP contribution in [0.15, 0.2) is 24.3 Å². The number of carbonyl (C=O) groups excluding carboxylic acids is 1. The van der Waals surface area contributed by atoms with E-state index in [0.29, 0.717) is 11.5 Å². The van der Waals surface area contributed by atoms with Crippen molar-refractivity contribution in [2.24, 2.45) is 0 Å². The Morgan fingerprint density at radius 1 is 1.44 bits per heavy atom. The Balaban J connectivity index is 2.18. The molecular weight excluding hydrogens is 228 g/mol. The summed E-state index contributed by atoms with van der Waals surface area (Å²) in [6.45, 7) is 0. The Morgan fingerprint density at radius 2 is 2.22 bits per heavy atom. The van der Waals surface area contributed by atoms with E-state index in [2.05, 4.69) is 6.19 Å². The van der Waals surface area contributed by atoms with Crippen LogP contribution in [0, 0.1) is 11.5 Å². The SMILES string of the molecule is COC(=O)c1ccc2c(c1)cc(C1CC1)n2C#N. The first-order valence-electron chi connectivity index (χ1n) is 5.88. The highest BCUT2D eigenvalue weighted by atomic mass is 16.5. The second-order valence-corrected chi connectivity index (χ2v) is 4.54. The van der Waals surface area contributed by atoms with Gasteiger partial charge in [-0.05, 0) is 37.1 Å². The van der Waals surface area contributed by atoms with E-state index in [1.165, 1.54) is 7.11 Å². The van der Waals surface area contributed by atoms with Crippen molar-refractivity contribution in [3.05, 3.63) is 35.5 Å². The van der Waals surface area contributed by atoms with Crippen LogP contribution in [-0.4, -0.2) is 17.6 Å². The minimum atomic E-state index is -0.352. The van der Waals surface area contributed by atoms with Crippen molar-refractivity contribution in [1.29, 1.82) is 5.26 Å². The normalized spacial score (nSPS) is 14.4. The molecule has 1 saturated carbocycles. The lowest BCUT2D eigenvalue weighted by molar-refractivity contribution is 0.0601. The Morgan fingerprint density at radius 3 is 2.83 bits per heavy atom. The molecule has 0 saturated heterocycles. The molecule has 1 heterocycles. The van der Waals surface area contributed by atoms with E-state index >= 15 is 0 Å². The van der Waals surface area contributed by atoms with E-state index in [-0.39, 0.29) is 5.97 Å². The first kappa shape index (κ1) is 10.8. The summed E-state index contributed by atoms with van der Waals surface area (Å²) in [4.78, 5) is 11.5. The summed E-state index contributed by atoms with van der Waals surface area (Å²) in [6, 6.07) is 7.28. The van der Waals surface area contributed by atoms with Crippen LogP contribution in [0.3, 0.4) is 0 Å². The van der Waals surface area contributed by atoms with Gasteiger partial charge in [0.1, 0.15) is 0 Å². The van der Waals surface area contributed by atoms with Gasteiger partial charge in [-0.15, -0.1) is 0 Å². The number of hydrogen-bond donors (Lipinski definition) is 0. The molecule has 2 aromatic rings. The van der Waals surface area contributed by atoms with E-state index in [4.69, 9.17) is 4.74 Å². The van der Waals surface area contributed by atoms with Gasteiger partial charge in [-0.2, -0.15) is 5.26 Å². The van der Waals surface area contributed by atoms with Crippen LogP contribution in [-0.2, 0) is 4.74 Å². The standard InChI is InChI=1S/C14H12N2O2/c1-18-14(17)10-4-5-12-11(6-10)7-13(9-2-3-9)16(12)8-15/h4-7,9H,2-3H2,1H3. The van der Waals surface area contributed by atoms with Gasteiger partial charge in [0, 0.05) is 17.0 Å². The predicted molar refractivity (Wildman–Crippen MR) is 66.3 cm³/mol. The smallest absolute Gasteiger partial charge is 0.337 e. The number of nitrogens with zero attached hydrogens (tertiary/aromatic N) is 2. The summed E-state index contributed by atoms with van der Waals surface area (Å²) < 4.78 is 6.36.